The maximum atomic E-state index is 13.7. The molecule has 27 heavy (non-hydrogen) atoms. The number of anilines is 2. The first-order valence-electron chi connectivity index (χ1n) is 8.26. The van der Waals surface area contributed by atoms with E-state index in [2.05, 4.69) is 5.32 Å². The summed E-state index contributed by atoms with van der Waals surface area (Å²) in [6.45, 7) is 2.07. The number of halogens is 3. The lowest BCUT2D eigenvalue weighted by molar-refractivity contribution is 0.102. The van der Waals surface area contributed by atoms with Gasteiger partial charge >= 0.3 is 0 Å². The molecule has 3 rings (SSSR count). The standard InChI is InChI=1S/C18H17F3N2O3S/c1-11-10-12(4-7-15(11)23-8-2-3-9-27(23,25)26)22-18(24)13-5-6-14(19)17(21)16(13)20/h4-7,10H,2-3,8-9H2,1H3,(H,22,24). The van der Waals surface area contributed by atoms with E-state index in [0.29, 0.717) is 30.3 Å². The summed E-state index contributed by atoms with van der Waals surface area (Å²) >= 11 is 0. The Bertz CT molecular complexity index is 1010. The van der Waals surface area contributed by atoms with E-state index in [-0.39, 0.29) is 11.4 Å². The average Bonchev–Trinajstić information content (AvgIpc) is 2.60. The Morgan fingerprint density at radius 2 is 1.81 bits per heavy atom. The summed E-state index contributed by atoms with van der Waals surface area (Å²) in [5.41, 5.74) is 0.754. The van der Waals surface area contributed by atoms with Crippen LogP contribution in [-0.2, 0) is 10.0 Å². The smallest absolute Gasteiger partial charge is 0.258 e. The molecule has 0 radical (unpaired) electrons. The molecule has 2 aromatic carbocycles. The van der Waals surface area contributed by atoms with E-state index < -0.39 is 38.9 Å². The highest BCUT2D eigenvalue weighted by Gasteiger charge is 2.27. The summed E-state index contributed by atoms with van der Waals surface area (Å²) in [6, 6.07) is 6.08. The van der Waals surface area contributed by atoms with Crippen LogP contribution < -0.4 is 9.62 Å². The van der Waals surface area contributed by atoms with Gasteiger partial charge in [0.05, 0.1) is 17.0 Å². The molecule has 1 aliphatic heterocycles. The lowest BCUT2D eigenvalue weighted by Crippen LogP contribution is -2.38. The summed E-state index contributed by atoms with van der Waals surface area (Å²) in [7, 11) is -3.37. The number of nitrogens with zero attached hydrogens (tertiary/aromatic N) is 1. The molecule has 2 aromatic rings. The van der Waals surface area contributed by atoms with Crippen molar-refractivity contribution in [3.05, 3.63) is 58.9 Å². The predicted molar refractivity (Wildman–Crippen MR) is 95.8 cm³/mol. The molecule has 144 valence electrons. The lowest BCUT2D eigenvalue weighted by atomic mass is 10.1. The second-order valence-corrected chi connectivity index (χ2v) is 8.29. The first-order valence-corrected chi connectivity index (χ1v) is 9.87. The van der Waals surface area contributed by atoms with E-state index in [0.717, 1.165) is 12.5 Å². The minimum Gasteiger partial charge on any atom is -0.322 e. The van der Waals surface area contributed by atoms with Crippen molar-refractivity contribution in [2.45, 2.75) is 19.8 Å². The van der Waals surface area contributed by atoms with E-state index in [4.69, 9.17) is 0 Å². The van der Waals surface area contributed by atoms with Crippen LogP contribution in [0.2, 0.25) is 0 Å². The molecule has 0 aliphatic carbocycles. The molecule has 0 atom stereocenters. The number of rotatable bonds is 3. The number of sulfonamides is 1. The van der Waals surface area contributed by atoms with Crippen LogP contribution in [0.5, 0.6) is 0 Å². The van der Waals surface area contributed by atoms with Crippen LogP contribution in [0.1, 0.15) is 28.8 Å². The third-order valence-corrected chi connectivity index (χ3v) is 6.21. The number of aryl methyl sites for hydroxylation is 1. The van der Waals surface area contributed by atoms with Crippen LogP contribution >= 0.6 is 0 Å². The average molecular weight is 398 g/mol. The number of benzene rings is 2. The summed E-state index contributed by atoms with van der Waals surface area (Å²) in [4.78, 5) is 12.2. The van der Waals surface area contributed by atoms with E-state index in [1.54, 1.807) is 13.0 Å². The first-order chi connectivity index (χ1) is 12.7. The van der Waals surface area contributed by atoms with Gasteiger partial charge in [-0.1, -0.05) is 0 Å². The molecule has 5 nitrogen and oxygen atoms in total. The van der Waals surface area contributed by atoms with Crippen molar-refractivity contribution < 1.29 is 26.4 Å². The van der Waals surface area contributed by atoms with Crippen molar-refractivity contribution in [1.29, 1.82) is 0 Å². The Labute approximate surface area is 154 Å². The molecule has 0 bridgehead atoms. The monoisotopic (exact) mass is 398 g/mol. The molecule has 1 heterocycles. The molecular weight excluding hydrogens is 381 g/mol. The topological polar surface area (TPSA) is 66.5 Å². The molecule has 1 fully saturated rings. The van der Waals surface area contributed by atoms with Crippen LogP contribution in [0.15, 0.2) is 30.3 Å². The van der Waals surface area contributed by atoms with Crippen molar-refractivity contribution in [2.75, 3.05) is 21.9 Å². The number of carbonyl (C=O) groups is 1. The highest BCUT2D eigenvalue weighted by Crippen LogP contribution is 2.29. The third-order valence-electron chi connectivity index (χ3n) is 4.35. The molecular formula is C18H17F3N2O3S. The molecule has 0 aromatic heterocycles. The zero-order chi connectivity index (χ0) is 19.8. The van der Waals surface area contributed by atoms with E-state index in [1.807, 2.05) is 0 Å². The van der Waals surface area contributed by atoms with Gasteiger partial charge in [-0.05, 0) is 55.7 Å². The minimum absolute atomic E-state index is 0.0837. The molecule has 9 heteroatoms. The van der Waals surface area contributed by atoms with Crippen LogP contribution in [0.25, 0.3) is 0 Å². The summed E-state index contributed by atoms with van der Waals surface area (Å²) < 4.78 is 65.8. The zero-order valence-corrected chi connectivity index (χ0v) is 15.2. The molecule has 0 saturated carbocycles. The van der Waals surface area contributed by atoms with Crippen molar-refractivity contribution >= 4 is 27.3 Å². The largest absolute Gasteiger partial charge is 0.322 e. The summed E-state index contributed by atoms with van der Waals surface area (Å²) in [5.74, 6) is -5.53. The van der Waals surface area contributed by atoms with Gasteiger partial charge in [0.15, 0.2) is 17.5 Å². The van der Waals surface area contributed by atoms with Gasteiger partial charge in [0.2, 0.25) is 10.0 Å². The van der Waals surface area contributed by atoms with Gasteiger partial charge in [0, 0.05) is 12.2 Å². The van der Waals surface area contributed by atoms with Gasteiger partial charge < -0.3 is 5.32 Å². The fraction of sp³-hybridized carbons (Fsp3) is 0.278. The Morgan fingerprint density at radius 1 is 1.07 bits per heavy atom. The van der Waals surface area contributed by atoms with E-state index in [9.17, 15) is 26.4 Å². The van der Waals surface area contributed by atoms with Gasteiger partial charge in [0.25, 0.3) is 5.91 Å². The second-order valence-electron chi connectivity index (χ2n) is 6.27. The molecule has 0 spiro atoms. The van der Waals surface area contributed by atoms with Gasteiger partial charge in [-0.3, -0.25) is 9.10 Å². The highest BCUT2D eigenvalue weighted by atomic mass is 32.2. The van der Waals surface area contributed by atoms with Crippen molar-refractivity contribution in [3.8, 4) is 0 Å². The number of carbonyl (C=O) groups excluding carboxylic acids is 1. The second kappa shape index (κ2) is 7.22. The van der Waals surface area contributed by atoms with E-state index in [1.165, 1.54) is 16.4 Å². The maximum Gasteiger partial charge on any atom is 0.258 e. The fourth-order valence-electron chi connectivity index (χ4n) is 2.97. The molecule has 1 saturated heterocycles. The summed E-state index contributed by atoms with van der Waals surface area (Å²) in [6.07, 6.45) is 1.37. The number of hydrogen-bond acceptors (Lipinski definition) is 3. The number of amides is 1. The molecule has 1 amide bonds. The lowest BCUT2D eigenvalue weighted by Gasteiger charge is -2.29. The maximum absolute atomic E-state index is 13.7. The van der Waals surface area contributed by atoms with Crippen LogP contribution in [0.3, 0.4) is 0 Å². The van der Waals surface area contributed by atoms with Gasteiger partial charge in [-0.25, -0.2) is 21.6 Å². The Balaban J connectivity index is 1.84. The van der Waals surface area contributed by atoms with Gasteiger partial charge in [-0.2, -0.15) is 0 Å². The predicted octanol–water partition coefficient (Wildman–Crippen LogP) is 3.59. The quantitative estimate of drug-likeness (QED) is 0.804. The van der Waals surface area contributed by atoms with Crippen LogP contribution in [0.4, 0.5) is 24.5 Å². The van der Waals surface area contributed by atoms with Crippen LogP contribution in [-0.4, -0.2) is 26.6 Å². The highest BCUT2D eigenvalue weighted by molar-refractivity contribution is 7.92. The van der Waals surface area contributed by atoms with Crippen molar-refractivity contribution in [2.24, 2.45) is 0 Å². The Kier molecular flexibility index (Phi) is 5.14. The van der Waals surface area contributed by atoms with Crippen molar-refractivity contribution in [1.82, 2.24) is 0 Å². The normalized spacial score (nSPS) is 16.2. The fourth-order valence-corrected chi connectivity index (χ4v) is 4.67. The van der Waals surface area contributed by atoms with Crippen molar-refractivity contribution in [3.63, 3.8) is 0 Å². The SMILES string of the molecule is Cc1cc(NC(=O)c2ccc(F)c(F)c2F)ccc1N1CCCCS1(=O)=O. The number of nitrogens with one attached hydrogen (secondary N) is 1. The van der Waals surface area contributed by atoms with E-state index >= 15 is 0 Å². The molecule has 0 unspecified atom stereocenters. The minimum atomic E-state index is -3.37. The van der Waals surface area contributed by atoms with Crippen LogP contribution in [0, 0.1) is 24.4 Å². The third kappa shape index (κ3) is 3.78. The number of hydrogen-bond donors (Lipinski definition) is 1. The molecule has 1 N–H and O–H groups in total. The summed E-state index contributed by atoms with van der Waals surface area (Å²) in [5, 5.41) is 2.40. The Hall–Kier alpha value is -2.55. The zero-order valence-electron chi connectivity index (χ0n) is 14.4. The molecule has 1 aliphatic rings. The van der Waals surface area contributed by atoms with Gasteiger partial charge in [-0.15, -0.1) is 0 Å². The first kappa shape index (κ1) is 19.2. The van der Waals surface area contributed by atoms with Gasteiger partial charge in [0.1, 0.15) is 0 Å². The Morgan fingerprint density at radius 3 is 2.48 bits per heavy atom.